The van der Waals surface area contributed by atoms with Gasteiger partial charge in [0, 0.05) is 22.3 Å². The van der Waals surface area contributed by atoms with Crippen LogP contribution in [-0.2, 0) is 0 Å². The Morgan fingerprint density at radius 3 is 2.77 bits per heavy atom. The van der Waals surface area contributed by atoms with Crippen molar-refractivity contribution < 1.29 is 0 Å². The Hall–Kier alpha value is -1.31. The molecule has 1 N–H and O–H groups in total. The molecule has 0 saturated carbocycles. The predicted octanol–water partition coefficient (Wildman–Crippen LogP) is 0.674. The Morgan fingerprint density at radius 2 is 2.23 bits per heavy atom. The summed E-state index contributed by atoms with van der Waals surface area (Å²) in [5.41, 5.74) is 1.01. The maximum atomic E-state index is 11.5. The minimum Gasteiger partial charge on any atom is -0.359 e. The highest BCUT2D eigenvalue weighted by molar-refractivity contribution is 5.27. The van der Waals surface area contributed by atoms with E-state index in [0.717, 1.165) is 22.7 Å². The first-order valence-electron chi connectivity index (χ1n) is 4.55. The van der Waals surface area contributed by atoms with E-state index >= 15 is 0 Å². The molecule has 13 heavy (non-hydrogen) atoms. The molecule has 2 heteroatoms. The molecule has 1 aromatic rings. The summed E-state index contributed by atoms with van der Waals surface area (Å²) in [6.45, 7) is 5.85. The van der Waals surface area contributed by atoms with Gasteiger partial charge >= 0.3 is 0 Å². The lowest BCUT2D eigenvalue weighted by atomic mass is 10.2. The molecule has 70 valence electrons. The molecular weight excluding hydrogens is 162 g/mol. The summed E-state index contributed by atoms with van der Waals surface area (Å²) < 4.78 is 0. The summed E-state index contributed by atoms with van der Waals surface area (Å²) in [4.78, 5) is 14.7. The molecule has 0 spiro atoms. The molecule has 0 aliphatic rings. The highest BCUT2D eigenvalue weighted by atomic mass is 16.1. The molecule has 0 saturated heterocycles. The van der Waals surface area contributed by atoms with Gasteiger partial charge < -0.3 is 4.98 Å². The summed E-state index contributed by atoms with van der Waals surface area (Å²) in [5.74, 6) is 0. The number of aryl methyl sites for hydroxylation is 1. The fraction of sp³-hybridized carbons (Fsp3) is 0.364. The number of aromatic nitrogens is 1. The standard InChI is InChI=1S/C11H15NO/c1-4-6-9-10(5-2)12-8(3)7-11(9)13/h5-7,12H,4H2,1-3H3/b9-6+,10-5+. The molecule has 0 aliphatic heterocycles. The van der Waals surface area contributed by atoms with Gasteiger partial charge in [-0.1, -0.05) is 19.1 Å². The van der Waals surface area contributed by atoms with Crippen LogP contribution in [0.25, 0.3) is 12.2 Å². The van der Waals surface area contributed by atoms with Gasteiger partial charge in [0.15, 0.2) is 5.43 Å². The molecule has 0 radical (unpaired) electrons. The quantitative estimate of drug-likeness (QED) is 0.672. The zero-order chi connectivity index (χ0) is 9.84. The van der Waals surface area contributed by atoms with Crippen molar-refractivity contribution in [1.82, 2.24) is 4.98 Å². The van der Waals surface area contributed by atoms with Crippen LogP contribution in [0.3, 0.4) is 0 Å². The van der Waals surface area contributed by atoms with Crippen molar-refractivity contribution in [1.29, 1.82) is 0 Å². The Labute approximate surface area is 77.6 Å². The highest BCUT2D eigenvalue weighted by Gasteiger charge is 1.92. The van der Waals surface area contributed by atoms with Gasteiger partial charge in [-0.05, 0) is 20.3 Å². The first-order chi connectivity index (χ1) is 6.19. The summed E-state index contributed by atoms with van der Waals surface area (Å²) >= 11 is 0. The van der Waals surface area contributed by atoms with E-state index in [2.05, 4.69) is 4.98 Å². The highest BCUT2D eigenvalue weighted by Crippen LogP contribution is 1.77. The predicted molar refractivity (Wildman–Crippen MR) is 55.9 cm³/mol. The second-order valence-electron chi connectivity index (χ2n) is 3.04. The summed E-state index contributed by atoms with van der Waals surface area (Å²) in [7, 11) is 0. The van der Waals surface area contributed by atoms with Crippen molar-refractivity contribution in [2.24, 2.45) is 0 Å². The molecule has 0 aromatic carbocycles. The molecule has 1 aromatic heterocycles. The van der Waals surface area contributed by atoms with Crippen LogP contribution in [0, 0.1) is 6.92 Å². The van der Waals surface area contributed by atoms with Gasteiger partial charge in [-0.3, -0.25) is 4.79 Å². The molecule has 0 aliphatic carbocycles. The smallest absolute Gasteiger partial charge is 0.189 e. The molecule has 0 amide bonds. The van der Waals surface area contributed by atoms with Crippen LogP contribution < -0.4 is 16.0 Å². The average Bonchev–Trinajstić information content (AvgIpc) is 2.09. The fourth-order valence-electron chi connectivity index (χ4n) is 1.37. The minimum absolute atomic E-state index is 0.103. The van der Waals surface area contributed by atoms with Crippen LogP contribution in [-0.4, -0.2) is 4.98 Å². The lowest BCUT2D eigenvalue weighted by molar-refractivity contribution is 1.10. The van der Waals surface area contributed by atoms with Gasteiger partial charge in [0.25, 0.3) is 0 Å². The van der Waals surface area contributed by atoms with Gasteiger partial charge in [0.2, 0.25) is 0 Å². The number of H-pyrrole nitrogens is 1. The third kappa shape index (κ3) is 2.08. The first kappa shape index (κ1) is 9.78. The Morgan fingerprint density at radius 1 is 1.54 bits per heavy atom. The van der Waals surface area contributed by atoms with Crippen LogP contribution in [0.5, 0.6) is 0 Å². The lowest BCUT2D eigenvalue weighted by Crippen LogP contribution is -2.40. The maximum Gasteiger partial charge on any atom is 0.189 e. The number of pyridine rings is 1. The summed E-state index contributed by atoms with van der Waals surface area (Å²) in [6.07, 6.45) is 4.76. The zero-order valence-corrected chi connectivity index (χ0v) is 8.35. The third-order valence-corrected chi connectivity index (χ3v) is 1.93. The van der Waals surface area contributed by atoms with Crippen LogP contribution in [0.1, 0.15) is 26.0 Å². The van der Waals surface area contributed by atoms with E-state index in [-0.39, 0.29) is 5.43 Å². The van der Waals surface area contributed by atoms with Gasteiger partial charge in [-0.2, -0.15) is 0 Å². The second kappa shape index (κ2) is 4.08. The van der Waals surface area contributed by atoms with E-state index in [1.165, 1.54) is 0 Å². The van der Waals surface area contributed by atoms with Crippen molar-refractivity contribution in [3.8, 4) is 0 Å². The normalized spacial score (nSPS) is 13.8. The van der Waals surface area contributed by atoms with Crippen molar-refractivity contribution in [3.05, 3.63) is 32.6 Å². The molecule has 0 bridgehead atoms. The molecule has 0 atom stereocenters. The lowest BCUT2D eigenvalue weighted by Gasteiger charge is -1.94. The summed E-state index contributed by atoms with van der Waals surface area (Å²) in [5, 5.41) is 1.71. The van der Waals surface area contributed by atoms with Gasteiger partial charge in [0.1, 0.15) is 0 Å². The maximum absolute atomic E-state index is 11.5. The first-order valence-corrected chi connectivity index (χ1v) is 4.55. The molecule has 0 fully saturated rings. The van der Waals surface area contributed by atoms with Crippen molar-refractivity contribution >= 4 is 12.2 Å². The van der Waals surface area contributed by atoms with Crippen molar-refractivity contribution in [2.45, 2.75) is 27.2 Å². The van der Waals surface area contributed by atoms with Crippen LogP contribution in [0.15, 0.2) is 10.9 Å². The topological polar surface area (TPSA) is 32.9 Å². The van der Waals surface area contributed by atoms with Crippen molar-refractivity contribution in [3.63, 3.8) is 0 Å². The largest absolute Gasteiger partial charge is 0.359 e. The average molecular weight is 177 g/mol. The molecule has 0 unspecified atom stereocenters. The van der Waals surface area contributed by atoms with Crippen molar-refractivity contribution in [2.75, 3.05) is 0 Å². The number of rotatable bonds is 1. The Bertz CT molecular complexity index is 454. The number of aromatic amines is 1. The minimum atomic E-state index is 0.103. The second-order valence-corrected chi connectivity index (χ2v) is 3.04. The van der Waals surface area contributed by atoms with Gasteiger partial charge in [-0.25, -0.2) is 0 Å². The van der Waals surface area contributed by atoms with Crippen LogP contribution >= 0.6 is 0 Å². The molecule has 1 heterocycles. The van der Waals surface area contributed by atoms with E-state index in [0.29, 0.717) is 0 Å². The Kier molecular flexibility index (Phi) is 3.07. The SMILES string of the molecule is C/C=c1/[nH]c(C)cc(=O)/c1=C/CC. The van der Waals surface area contributed by atoms with Gasteiger partial charge in [-0.15, -0.1) is 0 Å². The molecule has 1 rings (SSSR count). The van der Waals surface area contributed by atoms with Gasteiger partial charge in [0.05, 0.1) is 0 Å². The van der Waals surface area contributed by atoms with E-state index < -0.39 is 0 Å². The zero-order valence-electron chi connectivity index (χ0n) is 8.35. The number of hydrogen-bond acceptors (Lipinski definition) is 1. The van der Waals surface area contributed by atoms with E-state index in [9.17, 15) is 4.79 Å². The Balaban J connectivity index is 3.70. The van der Waals surface area contributed by atoms with Crippen LogP contribution in [0.2, 0.25) is 0 Å². The van der Waals surface area contributed by atoms with E-state index in [1.54, 1.807) is 6.07 Å². The number of hydrogen-bond donors (Lipinski definition) is 1. The fourth-order valence-corrected chi connectivity index (χ4v) is 1.37. The number of nitrogens with one attached hydrogen (secondary N) is 1. The van der Waals surface area contributed by atoms with E-state index in [1.807, 2.05) is 32.9 Å². The third-order valence-electron chi connectivity index (χ3n) is 1.93. The molecular formula is C11H15NO. The monoisotopic (exact) mass is 177 g/mol. The van der Waals surface area contributed by atoms with Crippen LogP contribution in [0.4, 0.5) is 0 Å². The molecule has 2 nitrogen and oxygen atoms in total. The summed E-state index contributed by atoms with van der Waals surface area (Å²) in [6, 6.07) is 1.63. The van der Waals surface area contributed by atoms with E-state index in [4.69, 9.17) is 0 Å².